The fourth-order valence-corrected chi connectivity index (χ4v) is 3.14. The minimum absolute atomic E-state index is 0.00137. The van der Waals surface area contributed by atoms with Gasteiger partial charge in [0.25, 0.3) is 5.91 Å². The quantitative estimate of drug-likeness (QED) is 0.845. The summed E-state index contributed by atoms with van der Waals surface area (Å²) in [5.41, 5.74) is 2.45. The minimum atomic E-state index is -0.00137. The van der Waals surface area contributed by atoms with Gasteiger partial charge in [-0.05, 0) is 26.0 Å². The second-order valence-corrected chi connectivity index (χ2v) is 7.15. The van der Waals surface area contributed by atoms with Crippen LogP contribution in [0.25, 0.3) is 11.3 Å². The third-order valence-electron chi connectivity index (χ3n) is 4.84. The molecule has 3 rings (SSSR count). The fraction of sp³-hybridized carbons (Fsp3) is 0.450. The molecule has 0 bridgehead atoms. The van der Waals surface area contributed by atoms with Gasteiger partial charge in [-0.25, -0.2) is 4.98 Å². The van der Waals surface area contributed by atoms with Crippen LogP contribution in [0.15, 0.2) is 36.7 Å². The van der Waals surface area contributed by atoms with E-state index in [2.05, 4.69) is 33.6 Å². The zero-order valence-corrected chi connectivity index (χ0v) is 16.0. The molecule has 0 saturated carbocycles. The maximum absolute atomic E-state index is 12.0. The molecule has 26 heavy (non-hydrogen) atoms. The molecule has 0 aliphatic carbocycles. The van der Waals surface area contributed by atoms with Crippen molar-refractivity contribution < 1.29 is 4.79 Å². The van der Waals surface area contributed by atoms with Crippen molar-refractivity contribution in [2.45, 2.75) is 19.9 Å². The number of amides is 1. The van der Waals surface area contributed by atoms with Crippen LogP contribution in [0.5, 0.6) is 0 Å². The van der Waals surface area contributed by atoms with Crippen molar-refractivity contribution in [3.05, 3.63) is 42.2 Å². The second kappa shape index (κ2) is 7.83. The van der Waals surface area contributed by atoms with Crippen LogP contribution in [0.3, 0.4) is 0 Å². The summed E-state index contributed by atoms with van der Waals surface area (Å²) < 4.78 is 0. The molecule has 1 saturated heterocycles. The standard InChI is InChI=1S/C20H27N5O/c1-15(2)24-9-11-25(12-10-24)19-14-21-18(13-22-19)16-5-7-17(8-6-16)20(26)23(3)4/h5-8,13-15H,9-12H2,1-4H3. The predicted octanol–water partition coefficient (Wildman–Crippen LogP) is 2.38. The number of carbonyl (C=O) groups is 1. The Bertz CT molecular complexity index is 732. The Balaban J connectivity index is 1.67. The molecule has 0 N–H and O–H groups in total. The fourth-order valence-electron chi connectivity index (χ4n) is 3.14. The molecule has 1 aromatic heterocycles. The number of piperazine rings is 1. The molecule has 2 aromatic rings. The third kappa shape index (κ3) is 4.02. The second-order valence-electron chi connectivity index (χ2n) is 7.15. The largest absolute Gasteiger partial charge is 0.353 e. The maximum atomic E-state index is 12.0. The lowest BCUT2D eigenvalue weighted by atomic mass is 10.1. The number of carbonyl (C=O) groups excluding carboxylic acids is 1. The topological polar surface area (TPSA) is 52.6 Å². The van der Waals surface area contributed by atoms with Gasteiger partial charge in [-0.3, -0.25) is 14.7 Å². The highest BCUT2D eigenvalue weighted by atomic mass is 16.2. The molecule has 0 unspecified atom stereocenters. The molecule has 0 radical (unpaired) electrons. The molecular weight excluding hydrogens is 326 g/mol. The predicted molar refractivity (Wildman–Crippen MR) is 104 cm³/mol. The molecule has 1 aromatic carbocycles. The van der Waals surface area contributed by atoms with Crippen LogP contribution in [0.1, 0.15) is 24.2 Å². The average Bonchev–Trinajstić information content (AvgIpc) is 2.67. The lowest BCUT2D eigenvalue weighted by molar-refractivity contribution is 0.0827. The van der Waals surface area contributed by atoms with Crippen LogP contribution < -0.4 is 4.90 Å². The zero-order valence-electron chi connectivity index (χ0n) is 16.0. The minimum Gasteiger partial charge on any atom is -0.353 e. The first-order valence-electron chi connectivity index (χ1n) is 9.09. The molecule has 0 atom stereocenters. The van der Waals surface area contributed by atoms with Gasteiger partial charge in [-0.1, -0.05) is 12.1 Å². The van der Waals surface area contributed by atoms with E-state index >= 15 is 0 Å². The van der Waals surface area contributed by atoms with Crippen molar-refractivity contribution in [3.63, 3.8) is 0 Å². The van der Waals surface area contributed by atoms with Crippen LogP contribution >= 0.6 is 0 Å². The van der Waals surface area contributed by atoms with Gasteiger partial charge in [0.2, 0.25) is 0 Å². The van der Waals surface area contributed by atoms with Gasteiger partial charge in [0, 0.05) is 57.4 Å². The lowest BCUT2D eigenvalue weighted by Gasteiger charge is -2.37. The van der Waals surface area contributed by atoms with Crippen LogP contribution in [0, 0.1) is 0 Å². The molecule has 0 spiro atoms. The van der Waals surface area contributed by atoms with E-state index in [1.54, 1.807) is 19.0 Å². The van der Waals surface area contributed by atoms with E-state index in [1.807, 2.05) is 36.7 Å². The highest BCUT2D eigenvalue weighted by Gasteiger charge is 2.20. The normalized spacial score (nSPS) is 15.3. The van der Waals surface area contributed by atoms with E-state index < -0.39 is 0 Å². The molecular formula is C20H27N5O. The smallest absolute Gasteiger partial charge is 0.253 e. The van der Waals surface area contributed by atoms with Gasteiger partial charge in [-0.15, -0.1) is 0 Å². The van der Waals surface area contributed by atoms with Crippen molar-refractivity contribution in [2.75, 3.05) is 45.2 Å². The Morgan fingerprint density at radius 3 is 2.15 bits per heavy atom. The first kappa shape index (κ1) is 18.3. The molecule has 1 aliphatic rings. The van der Waals surface area contributed by atoms with E-state index in [1.165, 1.54) is 0 Å². The lowest BCUT2D eigenvalue weighted by Crippen LogP contribution is -2.49. The van der Waals surface area contributed by atoms with Crippen molar-refractivity contribution in [2.24, 2.45) is 0 Å². The molecule has 1 aliphatic heterocycles. The summed E-state index contributed by atoms with van der Waals surface area (Å²) in [5.74, 6) is 0.926. The highest BCUT2D eigenvalue weighted by molar-refractivity contribution is 5.94. The number of aromatic nitrogens is 2. The number of hydrogen-bond donors (Lipinski definition) is 0. The van der Waals surface area contributed by atoms with Gasteiger partial charge in [-0.2, -0.15) is 0 Å². The van der Waals surface area contributed by atoms with Crippen molar-refractivity contribution >= 4 is 11.7 Å². The Labute approximate surface area is 155 Å². The summed E-state index contributed by atoms with van der Waals surface area (Å²) in [7, 11) is 3.50. The van der Waals surface area contributed by atoms with Gasteiger partial charge in [0.15, 0.2) is 0 Å². The number of benzene rings is 1. The summed E-state index contributed by atoms with van der Waals surface area (Å²) in [6.07, 6.45) is 3.66. The molecule has 138 valence electrons. The Morgan fingerprint density at radius 2 is 1.65 bits per heavy atom. The van der Waals surface area contributed by atoms with Crippen molar-refractivity contribution in [3.8, 4) is 11.3 Å². The first-order valence-corrected chi connectivity index (χ1v) is 9.09. The van der Waals surface area contributed by atoms with Gasteiger partial charge in [0.05, 0.1) is 18.1 Å². The number of anilines is 1. The Morgan fingerprint density at radius 1 is 1.00 bits per heavy atom. The summed E-state index contributed by atoms with van der Waals surface area (Å²) >= 11 is 0. The summed E-state index contributed by atoms with van der Waals surface area (Å²) in [6.45, 7) is 8.55. The average molecular weight is 353 g/mol. The highest BCUT2D eigenvalue weighted by Crippen LogP contribution is 2.20. The summed E-state index contributed by atoms with van der Waals surface area (Å²) in [6, 6.07) is 8.09. The van der Waals surface area contributed by atoms with Gasteiger partial charge < -0.3 is 9.80 Å². The SMILES string of the molecule is CC(C)N1CCN(c2cnc(-c3ccc(C(=O)N(C)C)cc3)cn2)CC1. The van der Waals surface area contributed by atoms with Gasteiger partial charge in [0.1, 0.15) is 5.82 Å². The van der Waals surface area contributed by atoms with Crippen molar-refractivity contribution in [1.82, 2.24) is 19.8 Å². The molecule has 1 fully saturated rings. The third-order valence-corrected chi connectivity index (χ3v) is 4.84. The first-order chi connectivity index (χ1) is 12.5. The molecule has 1 amide bonds. The van der Waals surface area contributed by atoms with Crippen molar-refractivity contribution in [1.29, 1.82) is 0 Å². The van der Waals surface area contributed by atoms with Crippen LogP contribution in [-0.2, 0) is 0 Å². The van der Waals surface area contributed by atoms with E-state index in [4.69, 9.17) is 0 Å². The maximum Gasteiger partial charge on any atom is 0.253 e. The van der Waals surface area contributed by atoms with Crippen LogP contribution in [0.2, 0.25) is 0 Å². The number of hydrogen-bond acceptors (Lipinski definition) is 5. The number of rotatable bonds is 4. The van der Waals surface area contributed by atoms with Crippen LogP contribution in [0.4, 0.5) is 5.82 Å². The van der Waals surface area contributed by atoms with Crippen LogP contribution in [-0.4, -0.2) is 72.0 Å². The molecule has 6 nitrogen and oxygen atoms in total. The van der Waals surface area contributed by atoms with E-state index in [0.717, 1.165) is 43.3 Å². The van der Waals surface area contributed by atoms with E-state index in [9.17, 15) is 4.79 Å². The number of nitrogens with zero attached hydrogens (tertiary/aromatic N) is 5. The monoisotopic (exact) mass is 353 g/mol. The molecule has 6 heteroatoms. The van der Waals surface area contributed by atoms with E-state index in [0.29, 0.717) is 11.6 Å². The summed E-state index contributed by atoms with van der Waals surface area (Å²) in [5, 5.41) is 0. The molecule has 2 heterocycles. The Hall–Kier alpha value is -2.47. The van der Waals surface area contributed by atoms with Gasteiger partial charge >= 0.3 is 0 Å². The Kier molecular flexibility index (Phi) is 5.52. The van der Waals surface area contributed by atoms with E-state index in [-0.39, 0.29) is 5.91 Å². The summed E-state index contributed by atoms with van der Waals surface area (Å²) in [4.78, 5) is 27.5. The zero-order chi connectivity index (χ0) is 18.7.